The van der Waals surface area contributed by atoms with E-state index < -0.39 is 11.0 Å². The van der Waals surface area contributed by atoms with Crippen LogP contribution in [-0.4, -0.2) is 35.6 Å². The summed E-state index contributed by atoms with van der Waals surface area (Å²) in [5, 5.41) is 15.7. The van der Waals surface area contributed by atoms with E-state index in [2.05, 4.69) is 17.6 Å². The zero-order valence-corrected chi connectivity index (χ0v) is 13.1. The molecule has 0 aromatic rings. The molecule has 0 aromatic carbocycles. The zero-order valence-electron chi connectivity index (χ0n) is 13.1. The molecule has 0 spiro atoms. The normalized spacial score (nSPS) is 26.9. The summed E-state index contributed by atoms with van der Waals surface area (Å²) in [6, 6.07) is 0. The molecule has 116 valence electrons. The fourth-order valence-electron chi connectivity index (χ4n) is 2.23. The molecular weight excluding hydrogens is 256 g/mol. The lowest BCUT2D eigenvalue weighted by Crippen LogP contribution is -2.48. The molecule has 0 aliphatic heterocycles. The van der Waals surface area contributed by atoms with E-state index in [4.69, 9.17) is 0 Å². The molecule has 1 aliphatic rings. The van der Waals surface area contributed by atoms with E-state index in [1.807, 2.05) is 0 Å². The summed E-state index contributed by atoms with van der Waals surface area (Å²) >= 11 is 0. The van der Waals surface area contributed by atoms with Crippen LogP contribution in [0.4, 0.5) is 0 Å². The molecule has 5 heteroatoms. The highest BCUT2D eigenvalue weighted by atomic mass is 16.3. The summed E-state index contributed by atoms with van der Waals surface area (Å²) in [5.74, 6) is 0.240. The van der Waals surface area contributed by atoms with E-state index in [-0.39, 0.29) is 24.9 Å². The van der Waals surface area contributed by atoms with E-state index in [1.165, 1.54) is 0 Å². The number of hydrogen-bond acceptors (Lipinski definition) is 3. The maximum Gasteiger partial charge on any atom is 0.239 e. The SMILES string of the molecule is CC1CCC(O)(CNC(=O)CNC(=O)C(C)(C)C)CC1. The van der Waals surface area contributed by atoms with Crippen molar-refractivity contribution in [3.05, 3.63) is 0 Å². The number of amides is 2. The first-order chi connectivity index (χ1) is 9.12. The highest BCUT2D eigenvalue weighted by molar-refractivity contribution is 5.87. The molecular formula is C15H28N2O3. The van der Waals surface area contributed by atoms with Gasteiger partial charge in [-0.15, -0.1) is 0 Å². The minimum atomic E-state index is -0.782. The summed E-state index contributed by atoms with van der Waals surface area (Å²) in [5.41, 5.74) is -1.28. The van der Waals surface area contributed by atoms with Gasteiger partial charge in [-0.1, -0.05) is 27.7 Å². The van der Waals surface area contributed by atoms with Gasteiger partial charge >= 0.3 is 0 Å². The lowest BCUT2D eigenvalue weighted by atomic mass is 9.79. The molecule has 1 aliphatic carbocycles. The fraction of sp³-hybridized carbons (Fsp3) is 0.867. The third-order valence-electron chi connectivity index (χ3n) is 3.91. The van der Waals surface area contributed by atoms with Crippen LogP contribution in [0.25, 0.3) is 0 Å². The molecule has 1 fully saturated rings. The van der Waals surface area contributed by atoms with Gasteiger partial charge in [0, 0.05) is 12.0 Å². The van der Waals surface area contributed by atoms with Crippen LogP contribution in [0.2, 0.25) is 0 Å². The molecule has 20 heavy (non-hydrogen) atoms. The molecule has 3 N–H and O–H groups in total. The maximum absolute atomic E-state index is 11.7. The van der Waals surface area contributed by atoms with Crippen LogP contribution >= 0.6 is 0 Å². The van der Waals surface area contributed by atoms with Crippen molar-refractivity contribution < 1.29 is 14.7 Å². The van der Waals surface area contributed by atoms with Gasteiger partial charge in [0.1, 0.15) is 0 Å². The first-order valence-electron chi connectivity index (χ1n) is 7.40. The predicted molar refractivity (Wildman–Crippen MR) is 78.1 cm³/mol. The molecule has 0 bridgehead atoms. The summed E-state index contributed by atoms with van der Waals surface area (Å²) in [7, 11) is 0. The average Bonchev–Trinajstić information content (AvgIpc) is 2.36. The van der Waals surface area contributed by atoms with Crippen molar-refractivity contribution in [2.45, 2.75) is 59.0 Å². The van der Waals surface area contributed by atoms with Gasteiger partial charge in [-0.2, -0.15) is 0 Å². The van der Waals surface area contributed by atoms with Crippen LogP contribution < -0.4 is 10.6 Å². The largest absolute Gasteiger partial charge is 0.388 e. The van der Waals surface area contributed by atoms with Crippen LogP contribution in [0.5, 0.6) is 0 Å². The highest BCUT2D eigenvalue weighted by Gasteiger charge is 2.32. The molecule has 0 atom stereocenters. The Labute approximate surface area is 121 Å². The molecule has 0 saturated heterocycles. The van der Waals surface area contributed by atoms with Crippen molar-refractivity contribution in [3.63, 3.8) is 0 Å². The van der Waals surface area contributed by atoms with Gasteiger partial charge in [0.2, 0.25) is 11.8 Å². The standard InChI is InChI=1S/C15H28N2O3/c1-11-5-7-15(20,8-6-11)10-17-12(18)9-16-13(19)14(2,3)4/h11,20H,5-10H2,1-4H3,(H,16,19)(H,17,18). The summed E-state index contributed by atoms with van der Waals surface area (Å²) in [6.07, 6.45) is 3.44. The number of carbonyl (C=O) groups excluding carboxylic acids is 2. The van der Waals surface area contributed by atoms with Gasteiger partial charge in [-0.05, 0) is 31.6 Å². The van der Waals surface area contributed by atoms with Gasteiger partial charge in [-0.25, -0.2) is 0 Å². The zero-order chi connectivity index (χ0) is 15.4. The maximum atomic E-state index is 11.7. The third kappa shape index (κ3) is 5.49. The smallest absolute Gasteiger partial charge is 0.239 e. The number of rotatable bonds is 4. The van der Waals surface area contributed by atoms with Crippen molar-refractivity contribution in [2.24, 2.45) is 11.3 Å². The molecule has 0 unspecified atom stereocenters. The Kier molecular flexibility index (Phi) is 5.57. The Morgan fingerprint density at radius 1 is 1.20 bits per heavy atom. The van der Waals surface area contributed by atoms with Crippen molar-refractivity contribution in [1.29, 1.82) is 0 Å². The number of carbonyl (C=O) groups is 2. The Morgan fingerprint density at radius 2 is 1.75 bits per heavy atom. The number of hydrogen-bond donors (Lipinski definition) is 3. The van der Waals surface area contributed by atoms with Crippen LogP contribution in [0.3, 0.4) is 0 Å². The quantitative estimate of drug-likeness (QED) is 0.726. The van der Waals surface area contributed by atoms with Gasteiger partial charge < -0.3 is 15.7 Å². The summed E-state index contributed by atoms with van der Waals surface area (Å²) < 4.78 is 0. The van der Waals surface area contributed by atoms with E-state index >= 15 is 0 Å². The second-order valence-electron chi connectivity index (χ2n) is 7.12. The van der Waals surface area contributed by atoms with E-state index in [1.54, 1.807) is 20.8 Å². The van der Waals surface area contributed by atoms with Crippen LogP contribution in [0.1, 0.15) is 53.4 Å². The molecule has 2 amide bonds. The molecule has 1 saturated carbocycles. The third-order valence-corrected chi connectivity index (χ3v) is 3.91. The average molecular weight is 284 g/mol. The second-order valence-corrected chi connectivity index (χ2v) is 7.12. The van der Waals surface area contributed by atoms with Crippen molar-refractivity contribution in [2.75, 3.05) is 13.1 Å². The van der Waals surface area contributed by atoms with Gasteiger partial charge in [0.15, 0.2) is 0 Å². The van der Waals surface area contributed by atoms with Crippen LogP contribution in [0.15, 0.2) is 0 Å². The number of nitrogens with one attached hydrogen (secondary N) is 2. The van der Waals surface area contributed by atoms with E-state index in [0.717, 1.165) is 25.7 Å². The minimum absolute atomic E-state index is 0.0391. The Morgan fingerprint density at radius 3 is 2.25 bits per heavy atom. The first kappa shape index (κ1) is 17.0. The van der Waals surface area contributed by atoms with Crippen molar-refractivity contribution in [1.82, 2.24) is 10.6 Å². The fourth-order valence-corrected chi connectivity index (χ4v) is 2.23. The predicted octanol–water partition coefficient (Wildman–Crippen LogP) is 1.21. The van der Waals surface area contributed by atoms with E-state index in [9.17, 15) is 14.7 Å². The lowest BCUT2D eigenvalue weighted by Gasteiger charge is -2.35. The van der Waals surface area contributed by atoms with Gasteiger partial charge in [-0.3, -0.25) is 9.59 Å². The lowest BCUT2D eigenvalue weighted by molar-refractivity contribution is -0.131. The van der Waals surface area contributed by atoms with Crippen LogP contribution in [0, 0.1) is 11.3 Å². The molecule has 0 heterocycles. The Hall–Kier alpha value is -1.10. The number of aliphatic hydroxyl groups is 1. The van der Waals surface area contributed by atoms with E-state index in [0.29, 0.717) is 5.92 Å². The monoisotopic (exact) mass is 284 g/mol. The molecule has 1 rings (SSSR count). The molecule has 0 aromatic heterocycles. The molecule has 0 radical (unpaired) electrons. The summed E-state index contributed by atoms with van der Waals surface area (Å²) in [4.78, 5) is 23.3. The Bertz CT molecular complexity index is 353. The highest BCUT2D eigenvalue weighted by Crippen LogP contribution is 2.31. The summed E-state index contributed by atoms with van der Waals surface area (Å²) in [6.45, 7) is 7.80. The Balaban J connectivity index is 2.28. The van der Waals surface area contributed by atoms with Crippen LogP contribution in [-0.2, 0) is 9.59 Å². The van der Waals surface area contributed by atoms with Gasteiger partial charge in [0.25, 0.3) is 0 Å². The minimum Gasteiger partial charge on any atom is -0.388 e. The van der Waals surface area contributed by atoms with Crippen molar-refractivity contribution in [3.8, 4) is 0 Å². The molecule has 5 nitrogen and oxygen atoms in total. The van der Waals surface area contributed by atoms with Gasteiger partial charge in [0.05, 0.1) is 12.1 Å². The first-order valence-corrected chi connectivity index (χ1v) is 7.40. The topological polar surface area (TPSA) is 78.4 Å². The van der Waals surface area contributed by atoms with Crippen molar-refractivity contribution >= 4 is 11.8 Å². The second kappa shape index (κ2) is 6.57.